The lowest BCUT2D eigenvalue weighted by atomic mass is 9.80. The van der Waals surface area contributed by atoms with Crippen LogP contribution in [-0.2, 0) is 10.8 Å². The molecule has 0 atom stereocenters. The van der Waals surface area contributed by atoms with Crippen molar-refractivity contribution in [2.45, 2.75) is 49.6 Å². The zero-order valence-electron chi connectivity index (χ0n) is 10.7. The van der Waals surface area contributed by atoms with E-state index < -0.39 is 11.6 Å². The van der Waals surface area contributed by atoms with Gasteiger partial charge < -0.3 is 9.84 Å². The monoisotopic (exact) mass is 275 g/mol. The number of halogens is 3. The van der Waals surface area contributed by atoms with E-state index in [0.717, 1.165) is 25.9 Å². The molecule has 4 nitrogen and oxygen atoms in total. The Kier molecular flexibility index (Phi) is 2.68. The SMILES string of the molecule is CC1(c2noc(C3(C(F)(F)F)CC3)n2)CCNCC1. The summed E-state index contributed by atoms with van der Waals surface area (Å²) in [4.78, 5) is 4.08. The third-order valence-corrected chi connectivity index (χ3v) is 4.37. The topological polar surface area (TPSA) is 51.0 Å². The normalized spacial score (nSPS) is 25.3. The summed E-state index contributed by atoms with van der Waals surface area (Å²) in [6.07, 6.45) is -2.57. The van der Waals surface area contributed by atoms with Crippen LogP contribution in [0.4, 0.5) is 13.2 Å². The Morgan fingerprint density at radius 1 is 1.16 bits per heavy atom. The molecule has 19 heavy (non-hydrogen) atoms. The van der Waals surface area contributed by atoms with Crippen LogP contribution in [0.25, 0.3) is 0 Å². The van der Waals surface area contributed by atoms with E-state index in [9.17, 15) is 13.2 Å². The highest BCUT2D eigenvalue weighted by molar-refractivity contribution is 5.21. The van der Waals surface area contributed by atoms with Gasteiger partial charge in [-0.1, -0.05) is 12.1 Å². The first-order chi connectivity index (χ1) is 8.87. The van der Waals surface area contributed by atoms with Crippen molar-refractivity contribution in [3.05, 3.63) is 11.7 Å². The molecule has 0 bridgehead atoms. The second-order valence-electron chi connectivity index (χ2n) is 5.81. The molecule has 2 aliphatic rings. The lowest BCUT2D eigenvalue weighted by molar-refractivity contribution is -0.166. The van der Waals surface area contributed by atoms with Gasteiger partial charge in [0.15, 0.2) is 5.82 Å². The van der Waals surface area contributed by atoms with Gasteiger partial charge >= 0.3 is 6.18 Å². The van der Waals surface area contributed by atoms with Crippen LogP contribution in [0.1, 0.15) is 44.3 Å². The average Bonchev–Trinajstić information content (AvgIpc) is 3.01. The minimum atomic E-state index is -4.30. The van der Waals surface area contributed by atoms with E-state index in [-0.39, 0.29) is 24.1 Å². The fourth-order valence-electron chi connectivity index (χ4n) is 2.61. The molecule has 0 aromatic carbocycles. The van der Waals surface area contributed by atoms with E-state index >= 15 is 0 Å². The Morgan fingerprint density at radius 3 is 2.32 bits per heavy atom. The molecule has 2 heterocycles. The lowest BCUT2D eigenvalue weighted by Gasteiger charge is -2.30. The minimum Gasteiger partial charge on any atom is -0.338 e. The Bertz CT molecular complexity index is 473. The minimum absolute atomic E-state index is 0.0520. The first kappa shape index (κ1) is 12.9. The summed E-state index contributed by atoms with van der Waals surface area (Å²) < 4.78 is 43.9. The second-order valence-corrected chi connectivity index (χ2v) is 5.81. The number of rotatable bonds is 2. The van der Waals surface area contributed by atoms with Crippen molar-refractivity contribution >= 4 is 0 Å². The van der Waals surface area contributed by atoms with Crippen molar-refractivity contribution in [1.82, 2.24) is 15.5 Å². The van der Waals surface area contributed by atoms with Crippen molar-refractivity contribution in [2.75, 3.05) is 13.1 Å². The van der Waals surface area contributed by atoms with Crippen LogP contribution in [0.5, 0.6) is 0 Å². The molecule has 0 amide bonds. The molecule has 0 radical (unpaired) electrons. The van der Waals surface area contributed by atoms with Crippen LogP contribution >= 0.6 is 0 Å². The van der Waals surface area contributed by atoms with Crippen LogP contribution in [0, 0.1) is 0 Å². The zero-order valence-corrected chi connectivity index (χ0v) is 10.7. The molecule has 0 unspecified atom stereocenters. The van der Waals surface area contributed by atoms with E-state index in [4.69, 9.17) is 4.52 Å². The summed E-state index contributed by atoms with van der Waals surface area (Å²) in [6, 6.07) is 0. The lowest BCUT2D eigenvalue weighted by Crippen LogP contribution is -2.38. The summed E-state index contributed by atoms with van der Waals surface area (Å²) in [6.45, 7) is 3.63. The second kappa shape index (κ2) is 3.94. The van der Waals surface area contributed by atoms with Gasteiger partial charge in [0.05, 0.1) is 0 Å². The quantitative estimate of drug-likeness (QED) is 0.899. The van der Waals surface area contributed by atoms with Crippen LogP contribution in [0.15, 0.2) is 4.52 Å². The van der Waals surface area contributed by atoms with Gasteiger partial charge in [-0.15, -0.1) is 0 Å². The van der Waals surface area contributed by atoms with E-state index in [1.165, 1.54) is 0 Å². The van der Waals surface area contributed by atoms with Gasteiger partial charge in [0.2, 0.25) is 5.89 Å². The fourth-order valence-corrected chi connectivity index (χ4v) is 2.61. The van der Waals surface area contributed by atoms with Crippen molar-refractivity contribution < 1.29 is 17.7 Å². The van der Waals surface area contributed by atoms with E-state index in [1.54, 1.807) is 0 Å². The Labute approximate surface area is 108 Å². The molecule has 1 saturated carbocycles. The van der Waals surface area contributed by atoms with E-state index in [2.05, 4.69) is 15.5 Å². The molecule has 2 fully saturated rings. The maximum absolute atomic E-state index is 13.0. The summed E-state index contributed by atoms with van der Waals surface area (Å²) >= 11 is 0. The number of alkyl halides is 3. The highest BCUT2D eigenvalue weighted by atomic mass is 19.4. The highest BCUT2D eigenvalue weighted by Crippen LogP contribution is 2.58. The molecule has 106 valence electrons. The van der Waals surface area contributed by atoms with Gasteiger partial charge in [-0.25, -0.2) is 0 Å². The van der Waals surface area contributed by atoms with Crippen molar-refractivity contribution in [3.8, 4) is 0 Å². The predicted octanol–water partition coefficient (Wildman–Crippen LogP) is 2.30. The summed E-state index contributed by atoms with van der Waals surface area (Å²) in [5.41, 5.74) is -2.16. The van der Waals surface area contributed by atoms with Gasteiger partial charge in [0.25, 0.3) is 0 Å². The Morgan fingerprint density at radius 2 is 1.79 bits per heavy atom. The molecule has 1 aliphatic heterocycles. The molecule has 1 aliphatic carbocycles. The van der Waals surface area contributed by atoms with Crippen LogP contribution in [-0.4, -0.2) is 29.4 Å². The van der Waals surface area contributed by atoms with Crippen LogP contribution in [0.3, 0.4) is 0 Å². The number of hydrogen-bond acceptors (Lipinski definition) is 4. The number of nitrogens with zero attached hydrogens (tertiary/aromatic N) is 2. The largest absolute Gasteiger partial charge is 0.403 e. The van der Waals surface area contributed by atoms with E-state index in [0.29, 0.717) is 5.82 Å². The van der Waals surface area contributed by atoms with Crippen molar-refractivity contribution in [1.29, 1.82) is 0 Å². The standard InChI is InChI=1S/C12H16F3N3O/c1-10(4-6-16-7-5-10)8-17-9(19-18-8)11(2-3-11)12(13,14)15/h16H,2-7H2,1H3. The number of nitrogens with one attached hydrogen (secondary N) is 1. The molecular formula is C12H16F3N3O. The molecule has 1 aromatic rings. The van der Waals surface area contributed by atoms with Crippen LogP contribution < -0.4 is 5.32 Å². The molecular weight excluding hydrogens is 259 g/mol. The van der Waals surface area contributed by atoms with Crippen molar-refractivity contribution in [2.24, 2.45) is 0 Å². The fraction of sp³-hybridized carbons (Fsp3) is 0.833. The molecule has 7 heteroatoms. The summed E-state index contributed by atoms with van der Waals surface area (Å²) in [5, 5.41) is 7.03. The maximum atomic E-state index is 13.0. The zero-order chi connectivity index (χ0) is 13.7. The average molecular weight is 275 g/mol. The maximum Gasteiger partial charge on any atom is 0.403 e. The number of piperidine rings is 1. The van der Waals surface area contributed by atoms with Gasteiger partial charge in [0, 0.05) is 5.41 Å². The first-order valence-corrected chi connectivity index (χ1v) is 6.50. The molecule has 1 aromatic heterocycles. The van der Waals surface area contributed by atoms with E-state index in [1.807, 2.05) is 6.92 Å². The van der Waals surface area contributed by atoms with Gasteiger partial charge in [-0.3, -0.25) is 0 Å². The predicted molar refractivity (Wildman–Crippen MR) is 60.7 cm³/mol. The Balaban J connectivity index is 1.88. The van der Waals surface area contributed by atoms with Gasteiger partial charge in [-0.05, 0) is 38.8 Å². The molecule has 1 N–H and O–H groups in total. The van der Waals surface area contributed by atoms with Gasteiger partial charge in [-0.2, -0.15) is 18.2 Å². The Hall–Kier alpha value is -1.11. The number of aromatic nitrogens is 2. The smallest absolute Gasteiger partial charge is 0.338 e. The van der Waals surface area contributed by atoms with Crippen LogP contribution in [0.2, 0.25) is 0 Å². The third-order valence-electron chi connectivity index (χ3n) is 4.37. The summed E-state index contributed by atoms with van der Waals surface area (Å²) in [5.74, 6) is 0.161. The summed E-state index contributed by atoms with van der Waals surface area (Å²) in [7, 11) is 0. The third kappa shape index (κ3) is 1.94. The molecule has 3 rings (SSSR count). The first-order valence-electron chi connectivity index (χ1n) is 6.50. The molecule has 0 spiro atoms. The van der Waals surface area contributed by atoms with Gasteiger partial charge in [0.1, 0.15) is 5.41 Å². The molecule has 1 saturated heterocycles. The highest BCUT2D eigenvalue weighted by Gasteiger charge is 2.68. The number of hydrogen-bond donors (Lipinski definition) is 1. The van der Waals surface area contributed by atoms with Crippen molar-refractivity contribution in [3.63, 3.8) is 0 Å².